The topological polar surface area (TPSA) is 69.4 Å². The van der Waals surface area contributed by atoms with Crippen molar-refractivity contribution < 1.29 is 21.9 Å². The molecule has 2 aromatic carbocycles. The fraction of sp³-hybridized carbons (Fsp3) is 0.143. The van der Waals surface area contributed by atoms with Gasteiger partial charge in [0.15, 0.2) is 11.6 Å². The zero-order valence-corrected chi connectivity index (χ0v) is 12.0. The second kappa shape index (κ2) is 5.79. The van der Waals surface area contributed by atoms with Crippen LogP contribution in [-0.4, -0.2) is 8.42 Å². The fourth-order valence-electron chi connectivity index (χ4n) is 1.75. The van der Waals surface area contributed by atoms with Gasteiger partial charge in [-0.1, -0.05) is 12.1 Å². The Morgan fingerprint density at radius 1 is 1.10 bits per heavy atom. The number of ether oxygens (including phenoxy) is 1. The van der Waals surface area contributed by atoms with Crippen molar-refractivity contribution in [3.8, 4) is 5.75 Å². The zero-order valence-electron chi connectivity index (χ0n) is 11.1. The van der Waals surface area contributed by atoms with Crippen molar-refractivity contribution in [2.24, 2.45) is 5.14 Å². The van der Waals surface area contributed by atoms with Crippen LogP contribution >= 0.6 is 0 Å². The van der Waals surface area contributed by atoms with E-state index in [9.17, 15) is 17.2 Å². The lowest BCUT2D eigenvalue weighted by atomic mass is 10.2. The van der Waals surface area contributed by atoms with Gasteiger partial charge in [0.05, 0.1) is 0 Å². The third kappa shape index (κ3) is 3.77. The van der Waals surface area contributed by atoms with Crippen molar-refractivity contribution in [1.82, 2.24) is 0 Å². The highest BCUT2D eigenvalue weighted by atomic mass is 32.2. The lowest BCUT2D eigenvalue weighted by Crippen LogP contribution is -2.14. The van der Waals surface area contributed by atoms with E-state index in [-0.39, 0.29) is 17.3 Å². The highest BCUT2D eigenvalue weighted by molar-refractivity contribution is 7.89. The molecule has 0 aliphatic heterocycles. The van der Waals surface area contributed by atoms with E-state index >= 15 is 0 Å². The lowest BCUT2D eigenvalue weighted by Gasteiger charge is -2.11. The average Bonchev–Trinajstić information content (AvgIpc) is 2.40. The quantitative estimate of drug-likeness (QED) is 0.943. The number of nitrogens with two attached hydrogens (primary N) is 1. The number of hydrogen-bond donors (Lipinski definition) is 1. The van der Waals surface area contributed by atoms with E-state index in [1.54, 1.807) is 13.0 Å². The van der Waals surface area contributed by atoms with Crippen LogP contribution in [0, 0.1) is 18.6 Å². The summed E-state index contributed by atoms with van der Waals surface area (Å²) >= 11 is 0. The van der Waals surface area contributed by atoms with Crippen molar-refractivity contribution in [2.75, 3.05) is 0 Å². The molecule has 0 aromatic heterocycles. The summed E-state index contributed by atoms with van der Waals surface area (Å²) in [6, 6.07) is 7.83. The highest BCUT2D eigenvalue weighted by Crippen LogP contribution is 2.25. The van der Waals surface area contributed by atoms with Crippen molar-refractivity contribution in [3.05, 3.63) is 59.2 Å². The van der Waals surface area contributed by atoms with E-state index in [4.69, 9.17) is 9.88 Å². The van der Waals surface area contributed by atoms with E-state index < -0.39 is 21.7 Å². The van der Waals surface area contributed by atoms with Gasteiger partial charge in [-0.05, 0) is 42.3 Å². The summed E-state index contributed by atoms with van der Waals surface area (Å²) in [5.74, 6) is -1.89. The van der Waals surface area contributed by atoms with Crippen LogP contribution in [0.4, 0.5) is 8.78 Å². The molecule has 0 radical (unpaired) electrons. The molecule has 0 heterocycles. The van der Waals surface area contributed by atoms with Crippen LogP contribution < -0.4 is 9.88 Å². The summed E-state index contributed by atoms with van der Waals surface area (Å²) in [5, 5.41) is 5.12. The zero-order chi connectivity index (χ0) is 15.6. The maximum Gasteiger partial charge on any atom is 0.241 e. The van der Waals surface area contributed by atoms with Crippen LogP contribution in [0.1, 0.15) is 11.1 Å². The van der Waals surface area contributed by atoms with Crippen LogP contribution in [0.3, 0.4) is 0 Å². The predicted octanol–water partition coefficient (Wildman–Crippen LogP) is 2.50. The molecular formula is C14H13F2NO3S. The summed E-state index contributed by atoms with van der Waals surface area (Å²) in [4.78, 5) is -0.148. The van der Waals surface area contributed by atoms with Crippen LogP contribution in [0.2, 0.25) is 0 Å². The second-order valence-electron chi connectivity index (χ2n) is 4.53. The first-order chi connectivity index (χ1) is 9.77. The molecule has 4 nitrogen and oxygen atoms in total. The Hall–Kier alpha value is -1.99. The molecule has 0 atom stereocenters. The molecule has 0 saturated carbocycles. The minimum atomic E-state index is -3.93. The largest absolute Gasteiger partial charge is 0.487 e. The molecule has 2 rings (SSSR count). The third-order valence-electron chi connectivity index (χ3n) is 2.78. The van der Waals surface area contributed by atoms with Gasteiger partial charge in [0, 0.05) is 0 Å². The fourth-order valence-corrected chi connectivity index (χ4v) is 2.50. The smallest absolute Gasteiger partial charge is 0.241 e. The minimum Gasteiger partial charge on any atom is -0.487 e. The van der Waals surface area contributed by atoms with Crippen molar-refractivity contribution in [2.45, 2.75) is 18.4 Å². The van der Waals surface area contributed by atoms with Gasteiger partial charge >= 0.3 is 0 Å². The highest BCUT2D eigenvalue weighted by Gasteiger charge is 2.15. The predicted molar refractivity (Wildman–Crippen MR) is 73.2 cm³/mol. The Morgan fingerprint density at radius 2 is 1.81 bits per heavy atom. The molecule has 0 amide bonds. The molecule has 21 heavy (non-hydrogen) atoms. The molecule has 0 saturated heterocycles. The third-order valence-corrected chi connectivity index (χ3v) is 3.72. The van der Waals surface area contributed by atoms with Crippen LogP contribution in [-0.2, 0) is 16.6 Å². The van der Waals surface area contributed by atoms with E-state index in [0.29, 0.717) is 11.1 Å². The van der Waals surface area contributed by atoms with Crippen molar-refractivity contribution >= 4 is 10.0 Å². The summed E-state index contributed by atoms with van der Waals surface area (Å²) in [6.45, 7) is 1.61. The molecule has 0 fully saturated rings. The Labute approximate surface area is 121 Å². The van der Waals surface area contributed by atoms with Gasteiger partial charge in [-0.2, -0.15) is 0 Å². The van der Waals surface area contributed by atoms with E-state index in [1.807, 2.05) is 0 Å². The Morgan fingerprint density at radius 3 is 2.43 bits per heavy atom. The van der Waals surface area contributed by atoms with Crippen molar-refractivity contribution in [3.63, 3.8) is 0 Å². The SMILES string of the molecule is Cc1ccc(OCc2ccc(F)c(F)c2)c(S(N)(=O)=O)c1. The average molecular weight is 313 g/mol. The summed E-state index contributed by atoms with van der Waals surface area (Å²) in [5.41, 5.74) is 1.08. The van der Waals surface area contributed by atoms with Crippen LogP contribution in [0.5, 0.6) is 5.75 Å². The summed E-state index contributed by atoms with van der Waals surface area (Å²) < 4.78 is 54.3. The molecule has 7 heteroatoms. The van der Waals surface area contributed by atoms with Gasteiger partial charge in [0.25, 0.3) is 0 Å². The number of rotatable bonds is 4. The Balaban J connectivity index is 2.26. The van der Waals surface area contributed by atoms with Crippen LogP contribution in [0.25, 0.3) is 0 Å². The second-order valence-corrected chi connectivity index (χ2v) is 6.06. The standard InChI is InChI=1S/C14H13F2NO3S/c1-9-2-5-13(14(6-9)21(17,18)19)20-8-10-3-4-11(15)12(16)7-10/h2-7H,8H2,1H3,(H2,17,18,19). The molecule has 0 spiro atoms. The number of hydrogen-bond acceptors (Lipinski definition) is 3. The normalized spacial score (nSPS) is 11.4. The van der Waals surface area contributed by atoms with Gasteiger partial charge in [0.1, 0.15) is 17.3 Å². The maximum atomic E-state index is 13.1. The van der Waals surface area contributed by atoms with E-state index in [0.717, 1.165) is 12.1 Å². The molecule has 2 N–H and O–H groups in total. The van der Waals surface area contributed by atoms with Gasteiger partial charge in [-0.25, -0.2) is 22.3 Å². The number of aryl methyl sites for hydroxylation is 1. The van der Waals surface area contributed by atoms with Crippen molar-refractivity contribution in [1.29, 1.82) is 0 Å². The molecule has 0 aliphatic rings. The molecule has 112 valence electrons. The first-order valence-electron chi connectivity index (χ1n) is 5.97. The molecule has 0 unspecified atom stereocenters. The summed E-state index contributed by atoms with van der Waals surface area (Å²) in [7, 11) is -3.93. The summed E-state index contributed by atoms with van der Waals surface area (Å²) in [6.07, 6.45) is 0. The van der Waals surface area contributed by atoms with E-state index in [2.05, 4.69) is 0 Å². The number of sulfonamides is 1. The molecule has 0 aliphatic carbocycles. The molecule has 0 bridgehead atoms. The van der Waals surface area contributed by atoms with Gasteiger partial charge in [-0.15, -0.1) is 0 Å². The first-order valence-corrected chi connectivity index (χ1v) is 7.52. The Kier molecular flexibility index (Phi) is 4.24. The van der Waals surface area contributed by atoms with E-state index in [1.165, 1.54) is 18.2 Å². The monoisotopic (exact) mass is 313 g/mol. The number of halogens is 2. The minimum absolute atomic E-state index is 0.0628. The Bertz CT molecular complexity index is 776. The van der Waals surface area contributed by atoms with Gasteiger partial charge in [0.2, 0.25) is 10.0 Å². The first kappa shape index (κ1) is 15.4. The molecular weight excluding hydrogens is 300 g/mol. The maximum absolute atomic E-state index is 13.1. The number of benzene rings is 2. The molecule has 2 aromatic rings. The number of primary sulfonamides is 1. The van der Waals surface area contributed by atoms with Crippen LogP contribution in [0.15, 0.2) is 41.3 Å². The lowest BCUT2D eigenvalue weighted by molar-refractivity contribution is 0.297. The van der Waals surface area contributed by atoms with Gasteiger partial charge in [-0.3, -0.25) is 0 Å². The van der Waals surface area contributed by atoms with Gasteiger partial charge < -0.3 is 4.74 Å².